The average Bonchev–Trinajstić information content (AvgIpc) is 2.30. The van der Waals surface area contributed by atoms with Gasteiger partial charge in [-0.15, -0.1) is 0 Å². The Morgan fingerprint density at radius 3 is 2.44 bits per heavy atom. The highest BCUT2D eigenvalue weighted by Crippen LogP contribution is 2.33. The summed E-state index contributed by atoms with van der Waals surface area (Å²) >= 11 is 0. The lowest BCUT2D eigenvalue weighted by Crippen LogP contribution is -2.24. The Bertz CT molecular complexity index is 228. The summed E-state index contributed by atoms with van der Waals surface area (Å²) in [6, 6.07) is 0. The van der Waals surface area contributed by atoms with Crippen molar-refractivity contribution in [3.63, 3.8) is 0 Å². The van der Waals surface area contributed by atoms with Crippen molar-refractivity contribution in [3.05, 3.63) is 0 Å². The molecular formula is C15H26O. The molecule has 92 valence electrons. The first kappa shape index (κ1) is 12.1. The molecule has 0 aromatic heterocycles. The van der Waals surface area contributed by atoms with Crippen LogP contribution < -0.4 is 0 Å². The van der Waals surface area contributed by atoms with Crippen molar-refractivity contribution in [2.75, 3.05) is 0 Å². The van der Waals surface area contributed by atoms with Crippen LogP contribution in [0.1, 0.15) is 71.1 Å². The predicted molar refractivity (Wildman–Crippen MR) is 67.3 cm³/mol. The second-order valence-electron chi connectivity index (χ2n) is 6.14. The molecule has 0 spiro atoms. The van der Waals surface area contributed by atoms with Gasteiger partial charge in [-0.2, -0.15) is 0 Å². The number of hydrogen-bond donors (Lipinski definition) is 0. The molecule has 2 atom stereocenters. The van der Waals surface area contributed by atoms with Gasteiger partial charge in [-0.1, -0.05) is 51.9 Å². The van der Waals surface area contributed by atoms with Gasteiger partial charge in [0.25, 0.3) is 0 Å². The van der Waals surface area contributed by atoms with E-state index in [1.54, 1.807) is 0 Å². The molecule has 0 aromatic rings. The smallest absolute Gasteiger partial charge is 0.136 e. The van der Waals surface area contributed by atoms with Crippen molar-refractivity contribution in [1.29, 1.82) is 0 Å². The standard InChI is InChI=1S/C15H26O/c1-12-6-5-9-14(10-12)15(16)11-13-7-3-2-4-8-13/h12-14H,2-11H2,1H3. The maximum Gasteiger partial charge on any atom is 0.136 e. The van der Waals surface area contributed by atoms with E-state index in [2.05, 4.69) is 6.92 Å². The van der Waals surface area contributed by atoms with E-state index in [1.165, 1.54) is 57.8 Å². The van der Waals surface area contributed by atoms with Gasteiger partial charge in [0, 0.05) is 12.3 Å². The zero-order chi connectivity index (χ0) is 11.4. The molecule has 2 fully saturated rings. The Balaban J connectivity index is 1.77. The minimum atomic E-state index is 0.422. The number of ketones is 1. The highest BCUT2D eigenvalue weighted by molar-refractivity contribution is 5.81. The molecular weight excluding hydrogens is 196 g/mol. The van der Waals surface area contributed by atoms with E-state index in [4.69, 9.17) is 0 Å². The second kappa shape index (κ2) is 5.84. The van der Waals surface area contributed by atoms with E-state index in [-0.39, 0.29) is 0 Å². The first-order valence-electron chi connectivity index (χ1n) is 7.28. The van der Waals surface area contributed by atoms with Crippen LogP contribution in [-0.4, -0.2) is 5.78 Å². The Morgan fingerprint density at radius 2 is 1.75 bits per heavy atom. The van der Waals surface area contributed by atoms with E-state index < -0.39 is 0 Å². The minimum absolute atomic E-state index is 0.422. The van der Waals surface area contributed by atoms with Crippen LogP contribution in [0.5, 0.6) is 0 Å². The molecule has 2 aliphatic rings. The van der Waals surface area contributed by atoms with E-state index in [9.17, 15) is 4.79 Å². The molecule has 2 unspecified atom stereocenters. The lowest BCUT2D eigenvalue weighted by atomic mass is 9.76. The fourth-order valence-corrected chi connectivity index (χ4v) is 3.57. The quantitative estimate of drug-likeness (QED) is 0.693. The summed E-state index contributed by atoms with van der Waals surface area (Å²) in [5, 5.41) is 0. The molecule has 1 heteroatoms. The van der Waals surface area contributed by atoms with E-state index in [0.717, 1.165) is 18.3 Å². The summed E-state index contributed by atoms with van der Waals surface area (Å²) < 4.78 is 0. The number of hydrogen-bond acceptors (Lipinski definition) is 1. The lowest BCUT2D eigenvalue weighted by molar-refractivity contribution is -0.125. The first-order chi connectivity index (χ1) is 7.75. The molecule has 0 heterocycles. The number of Topliss-reactive ketones (excluding diaryl/α,β-unsaturated/α-hetero) is 1. The van der Waals surface area contributed by atoms with Crippen LogP contribution >= 0.6 is 0 Å². The van der Waals surface area contributed by atoms with Crippen LogP contribution in [0.4, 0.5) is 0 Å². The molecule has 0 N–H and O–H groups in total. The van der Waals surface area contributed by atoms with Gasteiger partial charge in [0.1, 0.15) is 5.78 Å². The largest absolute Gasteiger partial charge is 0.299 e. The maximum absolute atomic E-state index is 12.2. The fourth-order valence-electron chi connectivity index (χ4n) is 3.57. The normalized spacial score (nSPS) is 32.6. The van der Waals surface area contributed by atoms with Crippen molar-refractivity contribution < 1.29 is 4.79 Å². The lowest BCUT2D eigenvalue weighted by Gasteiger charge is -2.28. The van der Waals surface area contributed by atoms with Crippen LogP contribution in [-0.2, 0) is 4.79 Å². The Morgan fingerprint density at radius 1 is 1.00 bits per heavy atom. The van der Waals surface area contributed by atoms with Crippen molar-refractivity contribution in [3.8, 4) is 0 Å². The Kier molecular flexibility index (Phi) is 4.43. The van der Waals surface area contributed by atoms with Gasteiger partial charge in [-0.3, -0.25) is 4.79 Å². The van der Waals surface area contributed by atoms with Crippen molar-refractivity contribution in [1.82, 2.24) is 0 Å². The molecule has 0 aromatic carbocycles. The average molecular weight is 222 g/mol. The van der Waals surface area contributed by atoms with E-state index in [0.29, 0.717) is 11.7 Å². The van der Waals surface area contributed by atoms with Gasteiger partial charge in [0.15, 0.2) is 0 Å². The van der Waals surface area contributed by atoms with E-state index in [1.807, 2.05) is 0 Å². The summed E-state index contributed by atoms with van der Waals surface area (Å²) in [6.07, 6.45) is 12.6. The fraction of sp³-hybridized carbons (Fsp3) is 0.933. The molecule has 0 aliphatic heterocycles. The van der Waals surface area contributed by atoms with Gasteiger partial charge >= 0.3 is 0 Å². The molecule has 0 radical (unpaired) electrons. The van der Waals surface area contributed by atoms with Gasteiger partial charge in [0.05, 0.1) is 0 Å². The summed E-state index contributed by atoms with van der Waals surface area (Å²) in [7, 11) is 0. The molecule has 1 nitrogen and oxygen atoms in total. The summed E-state index contributed by atoms with van der Waals surface area (Å²) in [4.78, 5) is 12.2. The zero-order valence-corrected chi connectivity index (χ0v) is 10.7. The SMILES string of the molecule is CC1CCCC(C(=O)CC2CCCCC2)C1. The van der Waals surface area contributed by atoms with Crippen LogP contribution in [0.3, 0.4) is 0 Å². The molecule has 0 bridgehead atoms. The summed E-state index contributed by atoms with van der Waals surface area (Å²) in [6.45, 7) is 2.31. The van der Waals surface area contributed by atoms with Crippen LogP contribution in [0.25, 0.3) is 0 Å². The molecule has 2 saturated carbocycles. The highest BCUT2D eigenvalue weighted by Gasteiger charge is 2.27. The van der Waals surface area contributed by atoms with Gasteiger partial charge < -0.3 is 0 Å². The molecule has 16 heavy (non-hydrogen) atoms. The van der Waals surface area contributed by atoms with Crippen molar-refractivity contribution >= 4 is 5.78 Å². The summed E-state index contributed by atoms with van der Waals surface area (Å²) in [5.74, 6) is 2.54. The third-order valence-corrected chi connectivity index (χ3v) is 4.61. The predicted octanol–water partition coefficient (Wildman–Crippen LogP) is 4.35. The number of carbonyl (C=O) groups excluding carboxylic acids is 1. The second-order valence-corrected chi connectivity index (χ2v) is 6.14. The molecule has 2 aliphatic carbocycles. The monoisotopic (exact) mass is 222 g/mol. The Hall–Kier alpha value is -0.330. The first-order valence-corrected chi connectivity index (χ1v) is 7.28. The van der Waals surface area contributed by atoms with Crippen LogP contribution in [0.2, 0.25) is 0 Å². The minimum Gasteiger partial charge on any atom is -0.299 e. The molecule has 2 rings (SSSR count). The van der Waals surface area contributed by atoms with Crippen molar-refractivity contribution in [2.24, 2.45) is 17.8 Å². The molecule has 0 amide bonds. The van der Waals surface area contributed by atoms with Crippen LogP contribution in [0, 0.1) is 17.8 Å². The topological polar surface area (TPSA) is 17.1 Å². The van der Waals surface area contributed by atoms with E-state index >= 15 is 0 Å². The van der Waals surface area contributed by atoms with Gasteiger partial charge in [-0.05, 0) is 24.7 Å². The van der Waals surface area contributed by atoms with Crippen LogP contribution in [0.15, 0.2) is 0 Å². The van der Waals surface area contributed by atoms with Gasteiger partial charge in [0.2, 0.25) is 0 Å². The maximum atomic E-state index is 12.2. The summed E-state index contributed by atoms with van der Waals surface area (Å²) in [5.41, 5.74) is 0. The number of carbonyl (C=O) groups is 1. The number of rotatable bonds is 3. The van der Waals surface area contributed by atoms with Crippen molar-refractivity contribution in [2.45, 2.75) is 71.1 Å². The molecule has 0 saturated heterocycles. The highest BCUT2D eigenvalue weighted by atomic mass is 16.1. The Labute approximate surface area is 100.0 Å². The third kappa shape index (κ3) is 3.33. The van der Waals surface area contributed by atoms with Gasteiger partial charge in [-0.25, -0.2) is 0 Å². The zero-order valence-electron chi connectivity index (χ0n) is 10.7. The third-order valence-electron chi connectivity index (χ3n) is 4.61.